The number of nitrogens with one attached hydrogen (secondary N) is 1. The average molecular weight is 361 g/mol. The second-order valence-corrected chi connectivity index (χ2v) is 7.91. The van der Waals surface area contributed by atoms with Crippen LogP contribution in [0.4, 0.5) is 4.39 Å². The van der Waals surface area contributed by atoms with Crippen LogP contribution in [0.25, 0.3) is 0 Å². The van der Waals surface area contributed by atoms with E-state index >= 15 is 0 Å². The molecule has 140 valence electrons. The first-order valence-corrected chi connectivity index (χ1v) is 8.96. The van der Waals surface area contributed by atoms with Gasteiger partial charge in [0.1, 0.15) is 5.82 Å². The van der Waals surface area contributed by atoms with Crippen LogP contribution in [-0.4, -0.2) is 39.2 Å². The Morgan fingerprint density at radius 2 is 1.96 bits per heavy atom. The van der Waals surface area contributed by atoms with Crippen molar-refractivity contribution in [1.82, 2.24) is 20.2 Å². The molecule has 1 saturated heterocycles. The Labute approximate surface area is 152 Å². The number of nitrogens with zero attached hydrogens (tertiary/aromatic N) is 4. The van der Waals surface area contributed by atoms with Gasteiger partial charge in [0.05, 0.1) is 24.2 Å². The number of quaternary nitrogens is 1. The van der Waals surface area contributed by atoms with Gasteiger partial charge in [0.15, 0.2) is 6.04 Å². The molecule has 1 aliphatic rings. The molecule has 1 fully saturated rings. The first-order valence-electron chi connectivity index (χ1n) is 8.96. The van der Waals surface area contributed by atoms with Crippen LogP contribution in [0, 0.1) is 11.7 Å². The third kappa shape index (κ3) is 3.60. The second kappa shape index (κ2) is 7.11. The summed E-state index contributed by atoms with van der Waals surface area (Å²) >= 11 is 0. The number of nitrogens with two attached hydrogens (primary N) is 1. The van der Waals surface area contributed by atoms with Crippen LogP contribution in [0.15, 0.2) is 24.3 Å². The monoisotopic (exact) mass is 361 g/mol. The summed E-state index contributed by atoms with van der Waals surface area (Å²) in [4.78, 5) is 12.6. The van der Waals surface area contributed by atoms with Gasteiger partial charge in [-0.1, -0.05) is 12.1 Å². The number of tetrazole rings is 1. The number of benzene rings is 1. The zero-order valence-corrected chi connectivity index (χ0v) is 15.4. The number of hydrogen-bond donors (Lipinski definition) is 2. The summed E-state index contributed by atoms with van der Waals surface area (Å²) in [6, 6.07) is 6.42. The van der Waals surface area contributed by atoms with Gasteiger partial charge in [-0.05, 0) is 43.3 Å². The number of aromatic nitrogens is 4. The molecule has 3 rings (SSSR count). The summed E-state index contributed by atoms with van der Waals surface area (Å²) in [6.45, 7) is 7.47. The highest BCUT2D eigenvalue weighted by molar-refractivity contribution is 5.76. The summed E-state index contributed by atoms with van der Waals surface area (Å²) in [5.74, 6) is -0.00902. The fourth-order valence-electron chi connectivity index (χ4n) is 3.66. The van der Waals surface area contributed by atoms with Crippen molar-refractivity contribution >= 4 is 5.91 Å². The zero-order chi connectivity index (χ0) is 18.9. The smallest absolute Gasteiger partial charge is 0.220 e. The summed E-state index contributed by atoms with van der Waals surface area (Å²) in [6.07, 6.45) is 1.37. The van der Waals surface area contributed by atoms with Crippen LogP contribution in [-0.2, 0) is 10.3 Å². The lowest BCUT2D eigenvalue weighted by Gasteiger charge is -2.34. The molecule has 1 aliphatic heterocycles. The van der Waals surface area contributed by atoms with Crippen molar-refractivity contribution < 1.29 is 14.1 Å². The Hall–Kier alpha value is -2.35. The van der Waals surface area contributed by atoms with Gasteiger partial charge in [-0.15, -0.1) is 5.10 Å². The van der Waals surface area contributed by atoms with Gasteiger partial charge in [-0.25, -0.2) is 9.07 Å². The van der Waals surface area contributed by atoms with E-state index in [1.807, 2.05) is 26.8 Å². The van der Waals surface area contributed by atoms with Gasteiger partial charge in [0.2, 0.25) is 11.7 Å². The van der Waals surface area contributed by atoms with E-state index in [9.17, 15) is 9.18 Å². The molecule has 3 N–H and O–H groups in total. The number of piperidine rings is 1. The molecule has 0 bridgehead atoms. The first-order chi connectivity index (χ1) is 12.3. The Morgan fingerprint density at radius 3 is 2.54 bits per heavy atom. The van der Waals surface area contributed by atoms with E-state index in [0.29, 0.717) is 37.3 Å². The van der Waals surface area contributed by atoms with Crippen LogP contribution in [0.2, 0.25) is 0 Å². The van der Waals surface area contributed by atoms with Gasteiger partial charge >= 0.3 is 0 Å². The molecule has 0 saturated carbocycles. The van der Waals surface area contributed by atoms with Crippen molar-refractivity contribution in [2.45, 2.75) is 45.2 Å². The minimum atomic E-state index is -0.334. The number of hydrogen-bond acceptors (Lipinski definition) is 4. The normalized spacial score (nSPS) is 22.2. The summed E-state index contributed by atoms with van der Waals surface area (Å²) in [5, 5.41) is 12.3. The molecular formula is C18H26FN6O+. The molecule has 26 heavy (non-hydrogen) atoms. The van der Waals surface area contributed by atoms with E-state index < -0.39 is 0 Å². The summed E-state index contributed by atoms with van der Waals surface area (Å²) in [5.41, 5.74) is 5.70. The van der Waals surface area contributed by atoms with Crippen molar-refractivity contribution in [2.24, 2.45) is 11.7 Å². The minimum Gasteiger partial charge on any atom is -0.369 e. The van der Waals surface area contributed by atoms with Crippen molar-refractivity contribution in [3.05, 3.63) is 41.5 Å². The molecule has 1 aromatic heterocycles. The predicted octanol–water partition coefficient (Wildman–Crippen LogP) is 0.437. The number of amides is 1. The van der Waals surface area contributed by atoms with Gasteiger partial charge in [0.25, 0.3) is 0 Å². The summed E-state index contributed by atoms with van der Waals surface area (Å²) in [7, 11) is 0. The fourth-order valence-corrected chi connectivity index (χ4v) is 3.66. The highest BCUT2D eigenvalue weighted by Gasteiger charge is 2.38. The van der Waals surface area contributed by atoms with Crippen LogP contribution in [0.1, 0.15) is 51.0 Å². The molecule has 0 radical (unpaired) electrons. The van der Waals surface area contributed by atoms with Crippen LogP contribution in [0.5, 0.6) is 0 Å². The first kappa shape index (κ1) is 18.4. The SMILES string of the molecule is CC(C)(C)n1nnnc1[C@@H](c1ccccc1F)[NH+]1CCC(C(N)=O)CC1. The number of halogens is 1. The lowest BCUT2D eigenvalue weighted by Crippen LogP contribution is -3.13. The van der Waals surface area contributed by atoms with E-state index in [-0.39, 0.29) is 29.2 Å². The maximum atomic E-state index is 14.7. The molecule has 0 aliphatic carbocycles. The van der Waals surface area contributed by atoms with E-state index in [0.717, 1.165) is 4.90 Å². The number of carbonyl (C=O) groups excluding carboxylic acids is 1. The van der Waals surface area contributed by atoms with Gasteiger partial charge in [-0.2, -0.15) is 0 Å². The molecule has 0 spiro atoms. The quantitative estimate of drug-likeness (QED) is 0.827. The molecule has 1 aromatic carbocycles. The van der Waals surface area contributed by atoms with Gasteiger partial charge < -0.3 is 10.6 Å². The zero-order valence-electron chi connectivity index (χ0n) is 15.4. The molecular weight excluding hydrogens is 335 g/mol. The van der Waals surface area contributed by atoms with Crippen molar-refractivity contribution in [3.8, 4) is 0 Å². The average Bonchev–Trinajstić information content (AvgIpc) is 3.07. The molecule has 7 nitrogen and oxygen atoms in total. The Morgan fingerprint density at radius 1 is 1.31 bits per heavy atom. The largest absolute Gasteiger partial charge is 0.369 e. The van der Waals surface area contributed by atoms with Gasteiger partial charge in [-0.3, -0.25) is 4.79 Å². The number of primary amides is 1. The van der Waals surface area contributed by atoms with Crippen molar-refractivity contribution in [1.29, 1.82) is 0 Å². The fraction of sp³-hybridized carbons (Fsp3) is 0.556. The van der Waals surface area contributed by atoms with Crippen molar-refractivity contribution in [3.63, 3.8) is 0 Å². The Bertz CT molecular complexity index is 776. The Balaban J connectivity index is 2.01. The lowest BCUT2D eigenvalue weighted by molar-refractivity contribution is -0.932. The highest BCUT2D eigenvalue weighted by Crippen LogP contribution is 2.25. The lowest BCUT2D eigenvalue weighted by atomic mass is 9.93. The molecule has 1 amide bonds. The molecule has 1 atom stereocenters. The maximum absolute atomic E-state index is 14.7. The van der Waals surface area contributed by atoms with Crippen LogP contribution >= 0.6 is 0 Å². The number of rotatable bonds is 4. The minimum absolute atomic E-state index is 0.112. The third-order valence-electron chi connectivity index (χ3n) is 5.04. The highest BCUT2D eigenvalue weighted by atomic mass is 19.1. The maximum Gasteiger partial charge on any atom is 0.220 e. The number of likely N-dealkylation sites (tertiary alicyclic amines) is 1. The topological polar surface area (TPSA) is 91.1 Å². The van der Waals surface area contributed by atoms with Crippen LogP contribution in [0.3, 0.4) is 0 Å². The number of carbonyl (C=O) groups is 1. The van der Waals surface area contributed by atoms with Gasteiger partial charge in [0, 0.05) is 18.8 Å². The standard InChI is InChI=1S/C18H25FN6O/c1-18(2,3)25-17(21-22-23-25)15(13-6-4-5-7-14(13)19)24-10-8-12(9-11-24)16(20)26/h4-7,12,15H,8-11H2,1-3H3,(H2,20,26)/p+1/t15-/m1/s1. The molecule has 2 heterocycles. The second-order valence-electron chi connectivity index (χ2n) is 7.91. The third-order valence-corrected chi connectivity index (χ3v) is 5.04. The van der Waals surface area contributed by atoms with Crippen molar-refractivity contribution in [2.75, 3.05) is 13.1 Å². The van der Waals surface area contributed by atoms with E-state index in [2.05, 4.69) is 15.5 Å². The Kier molecular flexibility index (Phi) is 5.04. The van der Waals surface area contributed by atoms with Crippen LogP contribution < -0.4 is 10.6 Å². The molecule has 8 heteroatoms. The van der Waals surface area contributed by atoms with E-state index in [1.165, 1.54) is 6.07 Å². The van der Waals surface area contributed by atoms with E-state index in [4.69, 9.17) is 5.73 Å². The summed E-state index contributed by atoms with van der Waals surface area (Å²) < 4.78 is 16.4. The molecule has 2 aromatic rings. The predicted molar refractivity (Wildman–Crippen MR) is 93.7 cm³/mol. The molecule has 0 unspecified atom stereocenters. The van der Waals surface area contributed by atoms with E-state index in [1.54, 1.807) is 16.8 Å².